The third-order valence-electron chi connectivity index (χ3n) is 20.2. The molecule has 7 atom stereocenters. The van der Waals surface area contributed by atoms with Gasteiger partial charge in [0.1, 0.15) is 24.4 Å². The summed E-state index contributed by atoms with van der Waals surface area (Å²) < 4.78 is 16.8. The van der Waals surface area contributed by atoms with Gasteiger partial charge in [0.15, 0.2) is 6.29 Å². The van der Waals surface area contributed by atoms with Crippen molar-refractivity contribution in [2.75, 3.05) is 19.8 Å². The molecule has 1 heterocycles. The van der Waals surface area contributed by atoms with E-state index in [-0.39, 0.29) is 18.5 Å². The topological polar surface area (TPSA) is 175 Å². The Labute approximate surface area is 599 Å². The maximum Gasteiger partial charge on any atom is 0.305 e. The normalized spacial score (nSPS) is 17.5. The Balaban J connectivity index is 1.91. The Morgan fingerprint density at radius 1 is 0.381 bits per heavy atom. The lowest BCUT2D eigenvalue weighted by molar-refractivity contribution is -0.302. The monoisotopic (exact) mass is 1370 g/mol. The number of carbonyl (C=O) groups is 2. The van der Waals surface area contributed by atoms with Gasteiger partial charge < -0.3 is 45.1 Å². The fourth-order valence-corrected chi connectivity index (χ4v) is 13.5. The van der Waals surface area contributed by atoms with E-state index in [4.69, 9.17) is 14.2 Å². The molecule has 0 radical (unpaired) electrons. The third kappa shape index (κ3) is 63.1. The van der Waals surface area contributed by atoms with E-state index in [1.165, 1.54) is 334 Å². The Morgan fingerprint density at radius 3 is 1.05 bits per heavy atom. The van der Waals surface area contributed by atoms with E-state index < -0.39 is 49.5 Å². The zero-order valence-corrected chi connectivity index (χ0v) is 63.8. The molecule has 1 amide bonds. The van der Waals surface area contributed by atoms with Crippen molar-refractivity contribution in [1.82, 2.24) is 5.32 Å². The summed E-state index contributed by atoms with van der Waals surface area (Å²) >= 11 is 0. The molecule has 0 aromatic heterocycles. The van der Waals surface area contributed by atoms with E-state index in [0.29, 0.717) is 19.4 Å². The van der Waals surface area contributed by atoms with Crippen molar-refractivity contribution in [2.45, 2.75) is 468 Å². The van der Waals surface area contributed by atoms with Crippen LogP contribution in [-0.4, -0.2) is 100 Å². The summed E-state index contributed by atoms with van der Waals surface area (Å²) in [5.41, 5.74) is 0. The van der Waals surface area contributed by atoms with Gasteiger partial charge in [0, 0.05) is 12.8 Å². The van der Waals surface area contributed by atoms with Gasteiger partial charge in [-0.1, -0.05) is 371 Å². The number of carbonyl (C=O) groups excluding carboxylic acids is 2. The highest BCUT2D eigenvalue weighted by Crippen LogP contribution is 2.24. The van der Waals surface area contributed by atoms with Crippen LogP contribution in [0.1, 0.15) is 425 Å². The minimum atomic E-state index is -1.57. The number of allylic oxidation sites excluding steroid dienone is 7. The summed E-state index contributed by atoms with van der Waals surface area (Å²) in [4.78, 5) is 25.2. The Hall–Kier alpha value is -2.38. The second-order valence-electron chi connectivity index (χ2n) is 29.5. The molecule has 0 aliphatic carbocycles. The van der Waals surface area contributed by atoms with Gasteiger partial charge in [0.25, 0.3) is 0 Å². The fraction of sp³-hybridized carbons (Fsp3) is 0.884. The molecule has 0 spiro atoms. The van der Waals surface area contributed by atoms with Gasteiger partial charge in [-0.2, -0.15) is 0 Å². The molecule has 11 heteroatoms. The molecule has 570 valence electrons. The predicted octanol–water partition coefficient (Wildman–Crippen LogP) is 23.4. The molecular formula is C86H161NO10. The predicted molar refractivity (Wildman–Crippen MR) is 412 cm³/mol. The summed E-state index contributed by atoms with van der Waals surface area (Å²) in [5, 5.41) is 54.7. The number of aliphatic hydroxyl groups is 5. The van der Waals surface area contributed by atoms with Crippen LogP contribution in [0.3, 0.4) is 0 Å². The van der Waals surface area contributed by atoms with Crippen molar-refractivity contribution in [1.29, 1.82) is 0 Å². The number of ether oxygens (including phenoxy) is 3. The van der Waals surface area contributed by atoms with Crippen LogP contribution in [0, 0.1) is 0 Å². The van der Waals surface area contributed by atoms with E-state index in [2.05, 4.69) is 55.6 Å². The van der Waals surface area contributed by atoms with Gasteiger partial charge >= 0.3 is 5.97 Å². The molecule has 97 heavy (non-hydrogen) atoms. The average Bonchev–Trinajstić information content (AvgIpc) is 1.20. The van der Waals surface area contributed by atoms with Gasteiger partial charge in [-0.3, -0.25) is 9.59 Å². The number of amides is 1. The zero-order chi connectivity index (χ0) is 70.1. The summed E-state index contributed by atoms with van der Waals surface area (Å²) in [6.07, 6.45) is 90.1. The number of hydrogen-bond donors (Lipinski definition) is 6. The van der Waals surface area contributed by atoms with E-state index >= 15 is 0 Å². The van der Waals surface area contributed by atoms with E-state index in [1.807, 2.05) is 6.08 Å². The van der Waals surface area contributed by atoms with Crippen molar-refractivity contribution < 1.29 is 49.3 Å². The third-order valence-corrected chi connectivity index (χ3v) is 20.2. The van der Waals surface area contributed by atoms with Crippen LogP contribution in [0.25, 0.3) is 0 Å². The quantitative estimate of drug-likeness (QED) is 0.0195. The number of nitrogens with one attached hydrogen (secondary N) is 1. The summed E-state index contributed by atoms with van der Waals surface area (Å²) in [6, 6.07) is -0.809. The average molecular weight is 1370 g/mol. The maximum absolute atomic E-state index is 13.1. The van der Waals surface area contributed by atoms with Crippen LogP contribution in [-0.2, 0) is 23.8 Å². The lowest BCUT2D eigenvalue weighted by atomic mass is 9.99. The van der Waals surface area contributed by atoms with Crippen molar-refractivity contribution >= 4 is 11.9 Å². The first kappa shape index (κ1) is 92.6. The van der Waals surface area contributed by atoms with Gasteiger partial charge in [-0.05, 0) is 89.9 Å². The lowest BCUT2D eigenvalue weighted by Crippen LogP contribution is -2.60. The largest absolute Gasteiger partial charge is 0.466 e. The molecule has 1 rings (SSSR count). The molecule has 1 saturated heterocycles. The summed E-state index contributed by atoms with van der Waals surface area (Å²) in [7, 11) is 0. The summed E-state index contributed by atoms with van der Waals surface area (Å²) in [6.45, 7) is 4.40. The van der Waals surface area contributed by atoms with Crippen LogP contribution >= 0.6 is 0 Å². The van der Waals surface area contributed by atoms with Gasteiger partial charge in [-0.25, -0.2) is 0 Å². The fourth-order valence-electron chi connectivity index (χ4n) is 13.5. The first-order chi connectivity index (χ1) is 47.7. The van der Waals surface area contributed by atoms with E-state index in [1.54, 1.807) is 6.08 Å². The van der Waals surface area contributed by atoms with Crippen LogP contribution in [0.2, 0.25) is 0 Å². The molecule has 11 nitrogen and oxygen atoms in total. The second kappa shape index (κ2) is 74.8. The lowest BCUT2D eigenvalue weighted by Gasteiger charge is -2.40. The van der Waals surface area contributed by atoms with Crippen LogP contribution in [0.5, 0.6) is 0 Å². The molecule has 1 aliphatic heterocycles. The molecule has 6 N–H and O–H groups in total. The number of rotatable bonds is 76. The first-order valence-corrected chi connectivity index (χ1v) is 42.4. The zero-order valence-electron chi connectivity index (χ0n) is 63.8. The SMILES string of the molecule is CCCCCCCC/C=C\CCCCCCCC(=O)OCCCCCCCCCCCCCCCCC/C=C\C/C=C\CCCCCCCCCCCCCCCCCCCC(=O)NC(COC1OC(CO)C(O)C(O)C1O)C(O)/C=C/CCCCCCCCCCCCCCC. The Kier molecular flexibility index (Phi) is 71.4. The minimum Gasteiger partial charge on any atom is -0.466 e. The van der Waals surface area contributed by atoms with Crippen molar-refractivity contribution in [3.05, 3.63) is 48.6 Å². The van der Waals surface area contributed by atoms with Gasteiger partial charge in [-0.15, -0.1) is 0 Å². The van der Waals surface area contributed by atoms with E-state index in [9.17, 15) is 35.1 Å². The Morgan fingerprint density at radius 2 is 0.691 bits per heavy atom. The van der Waals surface area contributed by atoms with Crippen LogP contribution in [0.15, 0.2) is 48.6 Å². The highest BCUT2D eigenvalue weighted by Gasteiger charge is 2.44. The van der Waals surface area contributed by atoms with Gasteiger partial charge in [0.2, 0.25) is 5.91 Å². The van der Waals surface area contributed by atoms with Crippen LogP contribution < -0.4 is 5.32 Å². The van der Waals surface area contributed by atoms with E-state index in [0.717, 1.165) is 64.2 Å². The van der Waals surface area contributed by atoms with Crippen molar-refractivity contribution in [3.63, 3.8) is 0 Å². The molecule has 7 unspecified atom stereocenters. The number of hydrogen-bond acceptors (Lipinski definition) is 10. The molecule has 0 saturated carbocycles. The Bertz CT molecular complexity index is 1750. The number of esters is 1. The smallest absolute Gasteiger partial charge is 0.305 e. The maximum atomic E-state index is 13.1. The molecule has 1 fully saturated rings. The number of unbranched alkanes of at least 4 members (excludes halogenated alkanes) is 56. The van der Waals surface area contributed by atoms with Crippen molar-refractivity contribution in [2.24, 2.45) is 0 Å². The highest BCUT2D eigenvalue weighted by molar-refractivity contribution is 5.76. The first-order valence-electron chi connectivity index (χ1n) is 42.4. The highest BCUT2D eigenvalue weighted by atomic mass is 16.7. The van der Waals surface area contributed by atoms with Crippen molar-refractivity contribution in [3.8, 4) is 0 Å². The number of aliphatic hydroxyl groups excluding tert-OH is 5. The molecule has 0 aromatic carbocycles. The second-order valence-corrected chi connectivity index (χ2v) is 29.5. The molecule has 0 aromatic rings. The standard InChI is InChI=1S/C86H161NO10/c1-3-5-7-9-11-13-15-17-44-48-52-56-60-64-68-72-79(89)78(77-96-86-85(94)84(93)83(92)80(76-88)97-86)87-81(90)73-69-65-61-57-53-49-46-42-40-38-36-34-32-30-28-26-24-22-20-19-21-23-25-27-29-31-33-35-37-39-41-43-47-51-55-59-63-67-71-75-95-82(91)74-70-66-62-58-54-50-45-18-16-14-12-10-8-6-4-2/h18-20,23,25,45,68,72,78-80,83-86,88-89,92-94H,3-17,21-22,24,26-44,46-67,69-71,73-77H2,1-2H3,(H,87,90)/b20-19-,25-23-,45-18-,72-68+. The summed E-state index contributed by atoms with van der Waals surface area (Å²) in [5.74, 6) is -0.168. The minimum absolute atomic E-state index is 0.00723. The van der Waals surface area contributed by atoms with Gasteiger partial charge in [0.05, 0.1) is 32.0 Å². The molecular weight excluding hydrogens is 1210 g/mol. The van der Waals surface area contributed by atoms with Crippen LogP contribution in [0.4, 0.5) is 0 Å². The molecule has 0 bridgehead atoms. The molecule has 1 aliphatic rings.